The van der Waals surface area contributed by atoms with E-state index in [1.54, 1.807) is 0 Å². The Morgan fingerprint density at radius 2 is 1.80 bits per heavy atom. The van der Waals surface area contributed by atoms with Crippen LogP contribution in [0, 0.1) is 15.9 Å². The summed E-state index contributed by atoms with van der Waals surface area (Å²) in [5.41, 5.74) is -1.79. The smallest absolute Gasteiger partial charge is 0.416 e. The lowest BCUT2D eigenvalue weighted by Crippen LogP contribution is -2.21. The Morgan fingerprint density at radius 1 is 1.10 bits per heavy atom. The minimum atomic E-state index is -4.65. The molecule has 0 aromatic heterocycles. The van der Waals surface area contributed by atoms with Crippen LogP contribution in [0.1, 0.15) is 5.56 Å². The van der Waals surface area contributed by atoms with Crippen LogP contribution in [0.3, 0.4) is 0 Å². The van der Waals surface area contributed by atoms with Crippen molar-refractivity contribution in [2.24, 2.45) is 0 Å². The quantitative estimate of drug-likeness (QED) is 0.280. The Bertz CT molecular complexity index is 920. The third-order valence-corrected chi connectivity index (χ3v) is 3.61. The molecule has 30 heavy (non-hydrogen) atoms. The highest BCUT2D eigenvalue weighted by atomic mass is 19.4. The van der Waals surface area contributed by atoms with Crippen LogP contribution in [0.5, 0.6) is 11.5 Å². The number of nitrogens with one attached hydrogen (secondary N) is 1. The summed E-state index contributed by atoms with van der Waals surface area (Å²) in [5.74, 6) is -2.44. The predicted molar refractivity (Wildman–Crippen MR) is 96.0 cm³/mol. The zero-order chi connectivity index (χ0) is 22.3. The number of nitrogens with zero attached hydrogens (tertiary/aromatic N) is 1. The number of carbonyl (C=O) groups is 1. The number of carbonyl (C=O) groups excluding carboxylic acids is 1. The number of nitro groups is 1. The average Bonchev–Trinajstić information content (AvgIpc) is 2.67. The van der Waals surface area contributed by atoms with Gasteiger partial charge in [-0.15, -0.1) is 0 Å². The van der Waals surface area contributed by atoms with Crippen molar-refractivity contribution < 1.29 is 41.5 Å². The third kappa shape index (κ3) is 6.30. The van der Waals surface area contributed by atoms with E-state index >= 15 is 0 Å². The van der Waals surface area contributed by atoms with E-state index in [0.717, 1.165) is 24.3 Å². The molecule has 0 aliphatic heterocycles. The van der Waals surface area contributed by atoms with Crippen LogP contribution >= 0.6 is 0 Å². The first-order chi connectivity index (χ1) is 14.1. The van der Waals surface area contributed by atoms with Crippen LogP contribution in [0.15, 0.2) is 36.4 Å². The van der Waals surface area contributed by atoms with Crippen LogP contribution in [0.2, 0.25) is 0 Å². The molecule has 162 valence electrons. The molecule has 0 heterocycles. The van der Waals surface area contributed by atoms with Crippen LogP contribution in [0.25, 0.3) is 0 Å². The molecule has 0 aliphatic carbocycles. The molecule has 0 bridgehead atoms. The summed E-state index contributed by atoms with van der Waals surface area (Å²) in [7, 11) is 1.41. The van der Waals surface area contributed by atoms with E-state index in [-0.39, 0.29) is 24.7 Å². The summed E-state index contributed by atoms with van der Waals surface area (Å²) >= 11 is 0. The number of anilines is 1. The fourth-order valence-electron chi connectivity index (χ4n) is 2.21. The minimum Gasteiger partial charge on any atom is -0.489 e. The zero-order valence-electron chi connectivity index (χ0n) is 15.5. The van der Waals surface area contributed by atoms with Crippen molar-refractivity contribution in [3.8, 4) is 11.5 Å². The number of amides is 1. The van der Waals surface area contributed by atoms with Crippen LogP contribution < -0.4 is 14.8 Å². The van der Waals surface area contributed by atoms with E-state index in [1.165, 1.54) is 7.11 Å². The van der Waals surface area contributed by atoms with Gasteiger partial charge in [-0.1, -0.05) is 0 Å². The van der Waals surface area contributed by atoms with Crippen LogP contribution in [-0.2, 0) is 15.7 Å². The highest BCUT2D eigenvalue weighted by molar-refractivity contribution is 5.93. The molecule has 1 N–H and O–H groups in total. The topological polar surface area (TPSA) is 99.9 Å². The molecule has 12 heteroatoms. The molecule has 0 saturated heterocycles. The number of hydrogen-bond acceptors (Lipinski definition) is 6. The van der Waals surface area contributed by atoms with Crippen molar-refractivity contribution in [1.29, 1.82) is 0 Å². The highest BCUT2D eigenvalue weighted by Gasteiger charge is 2.31. The second-order valence-electron chi connectivity index (χ2n) is 5.76. The number of non-ortho nitro benzene ring substituents is 1. The van der Waals surface area contributed by atoms with Gasteiger partial charge in [-0.2, -0.15) is 13.2 Å². The number of hydrogen-bond donors (Lipinski definition) is 1. The van der Waals surface area contributed by atoms with Gasteiger partial charge >= 0.3 is 6.18 Å². The van der Waals surface area contributed by atoms with Crippen molar-refractivity contribution in [1.82, 2.24) is 0 Å². The molecular formula is C18H16F4N2O6. The van der Waals surface area contributed by atoms with E-state index in [2.05, 4.69) is 5.32 Å². The lowest BCUT2D eigenvalue weighted by molar-refractivity contribution is -0.385. The minimum absolute atomic E-state index is 0.0231. The Hall–Kier alpha value is -3.41. The standard InChI is InChI=1S/C18H16F4N2O6/c1-28-6-7-29-16-4-2-11(18(20,21)22)8-14(16)23-17(25)10-30-15-5-3-12(24(26)27)9-13(15)19/h2-5,8-9H,6-7,10H2,1H3,(H,23,25). The maximum absolute atomic E-state index is 13.8. The largest absolute Gasteiger partial charge is 0.489 e. The second-order valence-corrected chi connectivity index (χ2v) is 5.76. The van der Waals surface area contributed by atoms with Crippen molar-refractivity contribution >= 4 is 17.3 Å². The van der Waals surface area contributed by atoms with Gasteiger partial charge in [-0.05, 0) is 24.3 Å². The molecule has 0 radical (unpaired) electrons. The summed E-state index contributed by atoms with van der Waals surface area (Å²) in [6.45, 7) is -0.575. The average molecular weight is 432 g/mol. The Kier molecular flexibility index (Phi) is 7.53. The van der Waals surface area contributed by atoms with Gasteiger partial charge in [-0.25, -0.2) is 4.39 Å². The summed E-state index contributed by atoms with van der Waals surface area (Å²) in [5, 5.41) is 12.8. The van der Waals surface area contributed by atoms with E-state index < -0.39 is 46.4 Å². The first kappa shape index (κ1) is 22.9. The number of benzene rings is 2. The van der Waals surface area contributed by atoms with Crippen molar-refractivity contribution in [2.45, 2.75) is 6.18 Å². The Balaban J connectivity index is 2.11. The monoisotopic (exact) mass is 432 g/mol. The Labute approximate surface area is 167 Å². The first-order valence-corrected chi connectivity index (χ1v) is 8.31. The lowest BCUT2D eigenvalue weighted by atomic mass is 10.1. The molecular weight excluding hydrogens is 416 g/mol. The molecule has 2 rings (SSSR count). The van der Waals surface area contributed by atoms with Crippen molar-refractivity contribution in [3.63, 3.8) is 0 Å². The fraction of sp³-hybridized carbons (Fsp3) is 0.278. The number of ether oxygens (including phenoxy) is 3. The Morgan fingerprint density at radius 3 is 2.40 bits per heavy atom. The van der Waals surface area contributed by atoms with Gasteiger partial charge < -0.3 is 19.5 Å². The van der Waals surface area contributed by atoms with E-state index in [1.807, 2.05) is 0 Å². The molecule has 0 spiro atoms. The fourth-order valence-corrected chi connectivity index (χ4v) is 2.21. The van der Waals surface area contributed by atoms with Gasteiger partial charge in [0.2, 0.25) is 0 Å². The third-order valence-electron chi connectivity index (χ3n) is 3.61. The SMILES string of the molecule is COCCOc1ccc(C(F)(F)F)cc1NC(=O)COc1ccc([N+](=O)[O-])cc1F. The van der Waals surface area contributed by atoms with E-state index in [4.69, 9.17) is 14.2 Å². The number of rotatable bonds is 9. The maximum atomic E-state index is 13.8. The van der Waals surface area contributed by atoms with E-state index in [9.17, 15) is 32.5 Å². The lowest BCUT2D eigenvalue weighted by Gasteiger charge is -2.15. The maximum Gasteiger partial charge on any atom is 0.416 e. The molecule has 0 unspecified atom stereocenters. The number of halogens is 4. The molecule has 0 fully saturated rings. The molecule has 8 nitrogen and oxygen atoms in total. The molecule has 2 aromatic carbocycles. The summed E-state index contributed by atoms with van der Waals surface area (Å²) in [6, 6.07) is 5.08. The van der Waals surface area contributed by atoms with Gasteiger partial charge in [0, 0.05) is 13.2 Å². The van der Waals surface area contributed by atoms with Gasteiger partial charge in [0.1, 0.15) is 12.4 Å². The summed E-state index contributed by atoms with van der Waals surface area (Å²) < 4.78 is 67.7. The molecule has 0 atom stereocenters. The summed E-state index contributed by atoms with van der Waals surface area (Å²) in [4.78, 5) is 21.9. The molecule has 1 amide bonds. The predicted octanol–water partition coefficient (Wildman–Crippen LogP) is 3.80. The van der Waals surface area contributed by atoms with Crippen molar-refractivity contribution in [3.05, 3.63) is 57.9 Å². The molecule has 0 saturated carbocycles. The molecule has 0 aliphatic rings. The van der Waals surface area contributed by atoms with Gasteiger partial charge in [0.05, 0.1) is 28.8 Å². The zero-order valence-corrected chi connectivity index (χ0v) is 15.5. The molecule has 2 aromatic rings. The van der Waals surface area contributed by atoms with Crippen LogP contribution in [0.4, 0.5) is 28.9 Å². The van der Waals surface area contributed by atoms with Crippen LogP contribution in [-0.4, -0.2) is 37.8 Å². The second kappa shape index (κ2) is 9.87. The van der Waals surface area contributed by atoms with Gasteiger partial charge in [0.15, 0.2) is 18.2 Å². The normalized spacial score (nSPS) is 11.1. The first-order valence-electron chi connectivity index (χ1n) is 8.31. The van der Waals surface area contributed by atoms with E-state index in [0.29, 0.717) is 12.1 Å². The van der Waals surface area contributed by atoms with Gasteiger partial charge in [0.25, 0.3) is 11.6 Å². The highest BCUT2D eigenvalue weighted by Crippen LogP contribution is 2.35. The number of methoxy groups -OCH3 is 1. The van der Waals surface area contributed by atoms with Crippen molar-refractivity contribution in [2.75, 3.05) is 32.2 Å². The number of nitro benzene ring substituents is 1. The van der Waals surface area contributed by atoms with Gasteiger partial charge in [-0.3, -0.25) is 14.9 Å². The summed E-state index contributed by atoms with van der Waals surface area (Å²) in [6.07, 6.45) is -4.65. The number of alkyl halides is 3.